The number of carbonyl (C=O) groups is 14. The van der Waals surface area contributed by atoms with Crippen LogP contribution in [0.5, 0.6) is 0 Å². The predicted molar refractivity (Wildman–Crippen MR) is 278 cm³/mol. The number of aliphatic carboxylic acids is 5. The van der Waals surface area contributed by atoms with Gasteiger partial charge in [0.1, 0.15) is 54.4 Å². The minimum atomic E-state index is -2.18. The average Bonchev–Trinajstić information content (AvgIpc) is 3.32. The summed E-state index contributed by atoms with van der Waals surface area (Å²) in [5, 5.41) is 77.6. The molecule has 0 radical (unpaired) electrons. The number of nitrogens with zero attached hydrogens (tertiary/aromatic N) is 1. The van der Waals surface area contributed by atoms with Gasteiger partial charge < -0.3 is 95.7 Å². The number of aliphatic imine (C=N–C) groups is 1. The lowest BCUT2D eigenvalue weighted by Crippen LogP contribution is -2.61. The number of aliphatic hydroxyl groups is 1. The lowest BCUT2D eigenvalue weighted by molar-refractivity contribution is -0.144. The van der Waals surface area contributed by atoms with Crippen LogP contribution in [0, 0.1) is 17.8 Å². The zero-order valence-corrected chi connectivity index (χ0v) is 45.6. The third-order valence-corrected chi connectivity index (χ3v) is 11.2. The van der Waals surface area contributed by atoms with Crippen LogP contribution in [-0.2, 0) is 67.1 Å². The van der Waals surface area contributed by atoms with Crippen LogP contribution in [-0.4, -0.2) is 193 Å². The molecule has 0 unspecified atom stereocenters. The van der Waals surface area contributed by atoms with E-state index in [4.69, 9.17) is 17.2 Å². The Morgan fingerprint density at radius 1 is 0.400 bits per heavy atom. The highest BCUT2D eigenvalue weighted by molar-refractivity contribution is 6.00. The molecular formula is C47H79N13O20. The van der Waals surface area contributed by atoms with Gasteiger partial charge in [0.05, 0.1) is 31.9 Å². The number of amides is 9. The van der Waals surface area contributed by atoms with Crippen LogP contribution in [0.15, 0.2) is 4.99 Å². The van der Waals surface area contributed by atoms with Crippen molar-refractivity contribution in [2.24, 2.45) is 39.9 Å². The number of nitrogens with two attached hydrogens (primary N) is 3. The Morgan fingerprint density at radius 3 is 1.11 bits per heavy atom. The lowest BCUT2D eigenvalue weighted by Gasteiger charge is -2.27. The second-order valence-electron chi connectivity index (χ2n) is 19.9. The number of guanidine groups is 1. The van der Waals surface area contributed by atoms with Crippen molar-refractivity contribution in [3.05, 3.63) is 0 Å². The van der Waals surface area contributed by atoms with Crippen LogP contribution in [0.2, 0.25) is 0 Å². The van der Waals surface area contributed by atoms with Crippen LogP contribution in [0.25, 0.3) is 0 Å². The molecule has 21 N–H and O–H groups in total. The number of aliphatic hydroxyl groups excluding tert-OH is 1. The van der Waals surface area contributed by atoms with E-state index >= 15 is 0 Å². The number of carboxylic acid groups (broad SMARTS) is 5. The van der Waals surface area contributed by atoms with Crippen molar-refractivity contribution in [1.82, 2.24) is 47.9 Å². The third-order valence-electron chi connectivity index (χ3n) is 11.2. The summed E-state index contributed by atoms with van der Waals surface area (Å²) in [7, 11) is 0. The summed E-state index contributed by atoms with van der Waals surface area (Å²) < 4.78 is 0. The molecule has 0 aliphatic rings. The monoisotopic (exact) mass is 1150 g/mol. The van der Waals surface area contributed by atoms with Gasteiger partial charge in [0, 0.05) is 13.0 Å². The number of hydrogen-bond acceptors (Lipinski definition) is 17. The molecule has 0 heterocycles. The fraction of sp³-hybridized carbons (Fsp3) is 0.681. The van der Waals surface area contributed by atoms with Crippen LogP contribution in [0.4, 0.5) is 0 Å². The van der Waals surface area contributed by atoms with Crippen LogP contribution >= 0.6 is 0 Å². The smallest absolute Gasteiger partial charge is 0.326 e. The number of carbonyl (C=O) groups excluding carboxylic acids is 9. The number of carboxylic acids is 5. The van der Waals surface area contributed by atoms with Gasteiger partial charge in [-0.25, -0.2) is 4.79 Å². The van der Waals surface area contributed by atoms with Crippen LogP contribution < -0.4 is 65.1 Å². The van der Waals surface area contributed by atoms with Crippen molar-refractivity contribution >= 4 is 89.0 Å². The van der Waals surface area contributed by atoms with Gasteiger partial charge in [0.15, 0.2) is 5.96 Å². The molecule has 80 heavy (non-hydrogen) atoms. The van der Waals surface area contributed by atoms with E-state index in [-0.39, 0.29) is 62.4 Å². The summed E-state index contributed by atoms with van der Waals surface area (Å²) in [6, 6.07) is -17.1. The fourth-order valence-electron chi connectivity index (χ4n) is 7.25. The number of rotatable bonds is 39. The minimum Gasteiger partial charge on any atom is -0.481 e. The molecule has 0 bridgehead atoms. The normalized spacial score (nSPS) is 14.8. The highest BCUT2D eigenvalue weighted by atomic mass is 16.4. The van der Waals surface area contributed by atoms with Gasteiger partial charge in [0.25, 0.3) is 0 Å². The average molecular weight is 1150 g/mol. The molecule has 0 aliphatic carbocycles. The fourth-order valence-corrected chi connectivity index (χ4v) is 7.25. The molecule has 9 amide bonds. The lowest BCUT2D eigenvalue weighted by atomic mass is 10.0. The van der Waals surface area contributed by atoms with Crippen molar-refractivity contribution in [3.63, 3.8) is 0 Å². The Labute approximate surface area is 459 Å². The molecule has 0 saturated heterocycles. The molecule has 33 heteroatoms. The van der Waals surface area contributed by atoms with E-state index in [1.165, 1.54) is 0 Å². The van der Waals surface area contributed by atoms with Crippen molar-refractivity contribution in [2.75, 3.05) is 13.2 Å². The first-order valence-electron chi connectivity index (χ1n) is 25.3. The maximum atomic E-state index is 13.6. The summed E-state index contributed by atoms with van der Waals surface area (Å²) in [5.41, 5.74) is 16.5. The second-order valence-corrected chi connectivity index (χ2v) is 19.9. The molecule has 0 aromatic carbocycles. The second kappa shape index (κ2) is 36.0. The van der Waals surface area contributed by atoms with Gasteiger partial charge in [-0.15, -0.1) is 0 Å². The predicted octanol–water partition coefficient (Wildman–Crippen LogP) is -5.75. The van der Waals surface area contributed by atoms with Gasteiger partial charge in [-0.2, -0.15) is 0 Å². The molecule has 0 spiro atoms. The molecule has 0 aliphatic heterocycles. The van der Waals surface area contributed by atoms with Gasteiger partial charge in [-0.3, -0.25) is 67.3 Å². The van der Waals surface area contributed by atoms with Crippen molar-refractivity contribution in [2.45, 2.75) is 173 Å². The van der Waals surface area contributed by atoms with E-state index < -0.39 is 182 Å². The van der Waals surface area contributed by atoms with Gasteiger partial charge >= 0.3 is 29.8 Å². The van der Waals surface area contributed by atoms with Gasteiger partial charge in [-0.05, 0) is 63.2 Å². The minimum absolute atomic E-state index is 0.0347. The molecule has 33 nitrogen and oxygen atoms in total. The maximum absolute atomic E-state index is 13.6. The maximum Gasteiger partial charge on any atom is 0.326 e. The topological polar surface area (TPSA) is 559 Å². The highest BCUT2D eigenvalue weighted by Crippen LogP contribution is 2.11. The SMILES string of the molecule is CC(C)C[C@H](NC(=O)[C@H](CCC(=O)O)NC(=O)[C@H](C)NC(=O)[C@H](CC(=O)O)NC(=O)[C@H](CC(=O)O)NC(=O)[C@H](CO)NC(=O)[C@H](CC(C)C)NC(=O)[C@H](CC(=O)O)NC(=O)[C@@H](N)CC(C)C)C(=O)N[C@@H](CCCN=C(N)N)C(=O)O. The molecule has 0 saturated carbocycles. The Hall–Kier alpha value is -8.23. The molecule has 452 valence electrons. The zero-order valence-electron chi connectivity index (χ0n) is 45.6. The first-order valence-corrected chi connectivity index (χ1v) is 25.3. The molecule has 0 aromatic heterocycles. The summed E-state index contributed by atoms with van der Waals surface area (Å²) in [6.45, 7) is 9.95. The summed E-state index contributed by atoms with van der Waals surface area (Å²) in [4.78, 5) is 183. The Bertz CT molecular complexity index is 2240. The standard InChI is InChI=1S/C47H79N13O20/c1-20(2)13-24(48)38(71)55-30(17-35(66)67)43(76)57-28(15-22(5)6)42(75)60-32(19-61)45(78)59-31(18-36(68)69)44(77)58-29(16-34(64)65)40(73)52-23(7)37(70)53-25(10-11-33(62)63)39(72)56-27(14-21(3)4)41(74)54-26(46(79)80)9-8-12-51-47(49)50/h20-32,61H,8-19,48H2,1-7H3,(H,52,73)(H,53,70)(H,54,74)(H,55,71)(H,56,72)(H,57,76)(H,58,77)(H,59,78)(H,60,75)(H,62,63)(H,64,65)(H,66,67)(H,68,69)(H,79,80)(H4,49,50,51)/t23-,24-,25-,26-,27-,28-,29-,30-,31-,32-/m0/s1. The summed E-state index contributed by atoms with van der Waals surface area (Å²) >= 11 is 0. The third kappa shape index (κ3) is 29.5. The van der Waals surface area contributed by atoms with E-state index in [9.17, 15) is 97.8 Å². The quantitative estimate of drug-likeness (QED) is 0.0155. The van der Waals surface area contributed by atoms with Crippen molar-refractivity contribution in [1.29, 1.82) is 0 Å². The van der Waals surface area contributed by atoms with Crippen LogP contribution in [0.3, 0.4) is 0 Å². The Morgan fingerprint density at radius 2 is 0.738 bits per heavy atom. The zero-order chi connectivity index (χ0) is 61.7. The highest BCUT2D eigenvalue weighted by Gasteiger charge is 2.37. The van der Waals surface area contributed by atoms with Crippen molar-refractivity contribution in [3.8, 4) is 0 Å². The number of hydrogen-bond donors (Lipinski definition) is 18. The van der Waals surface area contributed by atoms with E-state index in [1.807, 2.05) is 10.6 Å². The first kappa shape index (κ1) is 71.8. The van der Waals surface area contributed by atoms with E-state index in [2.05, 4.69) is 42.2 Å². The van der Waals surface area contributed by atoms with Crippen LogP contribution in [0.1, 0.15) is 113 Å². The molecule has 0 rings (SSSR count). The summed E-state index contributed by atoms with van der Waals surface area (Å²) in [5.74, 6) is -19.6. The van der Waals surface area contributed by atoms with Gasteiger partial charge in [-0.1, -0.05) is 41.5 Å². The molecule has 0 fully saturated rings. The first-order chi connectivity index (χ1) is 37.1. The Balaban J connectivity index is 6.43. The molecular weight excluding hydrogens is 1070 g/mol. The number of nitrogens with one attached hydrogen (secondary N) is 9. The molecule has 0 aromatic rings. The van der Waals surface area contributed by atoms with Crippen molar-refractivity contribution < 1.29 is 97.8 Å². The van der Waals surface area contributed by atoms with E-state index in [0.29, 0.717) is 0 Å². The Kier molecular flexibility index (Phi) is 32.3. The summed E-state index contributed by atoms with van der Waals surface area (Å²) in [6.07, 6.45) is -4.82. The largest absolute Gasteiger partial charge is 0.481 e. The van der Waals surface area contributed by atoms with Gasteiger partial charge in [0.2, 0.25) is 53.2 Å². The molecule has 10 atom stereocenters. The van der Waals surface area contributed by atoms with E-state index in [1.54, 1.807) is 41.5 Å². The van der Waals surface area contributed by atoms with E-state index in [0.717, 1.165) is 6.92 Å².